The van der Waals surface area contributed by atoms with E-state index in [1.54, 1.807) is 0 Å². The lowest BCUT2D eigenvalue weighted by Gasteiger charge is -2.33. The summed E-state index contributed by atoms with van der Waals surface area (Å²) >= 11 is 0. The Bertz CT molecular complexity index is 410. The topological polar surface area (TPSA) is 92.5 Å². The zero-order valence-corrected chi connectivity index (χ0v) is 12.8. The minimum absolute atomic E-state index is 0.0321. The molecule has 1 heterocycles. The number of piperidine rings is 1. The standard InChI is InChI=1S/C12H25N3O3S/c1-4-12(2,9-13)11(16)14-10-5-7-15(8-6-10)19(3,17)18/h10H,4-9,13H2,1-3H3,(H,14,16). The van der Waals surface area contributed by atoms with E-state index in [1.807, 2.05) is 13.8 Å². The summed E-state index contributed by atoms with van der Waals surface area (Å²) in [6.07, 6.45) is 3.22. The normalized spacial score (nSPS) is 21.9. The molecule has 6 nitrogen and oxygen atoms in total. The highest BCUT2D eigenvalue weighted by Gasteiger charge is 2.32. The fourth-order valence-electron chi connectivity index (χ4n) is 2.09. The molecule has 1 fully saturated rings. The van der Waals surface area contributed by atoms with Crippen LogP contribution >= 0.6 is 0 Å². The maximum atomic E-state index is 12.2. The molecule has 1 amide bonds. The number of nitrogens with zero attached hydrogens (tertiary/aromatic N) is 1. The molecule has 19 heavy (non-hydrogen) atoms. The summed E-state index contributed by atoms with van der Waals surface area (Å²) in [6, 6.07) is 0.0444. The van der Waals surface area contributed by atoms with Crippen LogP contribution in [0.25, 0.3) is 0 Å². The van der Waals surface area contributed by atoms with Crippen LogP contribution in [0.5, 0.6) is 0 Å². The van der Waals surface area contributed by atoms with Gasteiger partial charge in [0, 0.05) is 25.7 Å². The van der Waals surface area contributed by atoms with E-state index < -0.39 is 15.4 Å². The highest BCUT2D eigenvalue weighted by Crippen LogP contribution is 2.21. The zero-order valence-electron chi connectivity index (χ0n) is 12.0. The molecule has 0 radical (unpaired) electrons. The fourth-order valence-corrected chi connectivity index (χ4v) is 2.96. The van der Waals surface area contributed by atoms with Crippen LogP contribution in [-0.4, -0.2) is 50.6 Å². The third-order valence-corrected chi connectivity index (χ3v) is 5.34. The van der Waals surface area contributed by atoms with Crippen LogP contribution in [0, 0.1) is 5.41 Å². The van der Waals surface area contributed by atoms with Crippen LogP contribution in [0.1, 0.15) is 33.1 Å². The molecule has 0 bridgehead atoms. The summed E-state index contributed by atoms with van der Waals surface area (Å²) < 4.78 is 24.2. The number of rotatable bonds is 5. The van der Waals surface area contributed by atoms with Gasteiger partial charge in [-0.2, -0.15) is 0 Å². The molecule has 1 unspecified atom stereocenters. The van der Waals surface area contributed by atoms with Crippen LogP contribution < -0.4 is 11.1 Å². The van der Waals surface area contributed by atoms with Crippen molar-refractivity contribution in [2.24, 2.45) is 11.1 Å². The lowest BCUT2D eigenvalue weighted by Crippen LogP contribution is -2.51. The lowest BCUT2D eigenvalue weighted by molar-refractivity contribution is -0.130. The third-order valence-electron chi connectivity index (χ3n) is 4.04. The van der Waals surface area contributed by atoms with Gasteiger partial charge in [0.1, 0.15) is 0 Å². The second kappa shape index (κ2) is 6.19. The summed E-state index contributed by atoms with van der Waals surface area (Å²) in [5, 5.41) is 2.99. The average Bonchev–Trinajstić information content (AvgIpc) is 2.37. The molecule has 3 N–H and O–H groups in total. The quantitative estimate of drug-likeness (QED) is 0.740. The van der Waals surface area contributed by atoms with Crippen LogP contribution in [0.4, 0.5) is 0 Å². The Balaban J connectivity index is 2.52. The van der Waals surface area contributed by atoms with Gasteiger partial charge in [-0.05, 0) is 26.2 Å². The van der Waals surface area contributed by atoms with E-state index in [2.05, 4.69) is 5.32 Å². The van der Waals surface area contributed by atoms with Crippen molar-refractivity contribution in [3.8, 4) is 0 Å². The van der Waals surface area contributed by atoms with E-state index in [1.165, 1.54) is 10.6 Å². The lowest BCUT2D eigenvalue weighted by atomic mass is 9.86. The van der Waals surface area contributed by atoms with Gasteiger partial charge >= 0.3 is 0 Å². The van der Waals surface area contributed by atoms with Crippen LogP contribution in [0.15, 0.2) is 0 Å². The second-order valence-corrected chi connectivity index (χ2v) is 7.51. The molecule has 112 valence electrons. The van der Waals surface area contributed by atoms with Crippen molar-refractivity contribution in [2.45, 2.75) is 39.2 Å². The first-order valence-electron chi connectivity index (χ1n) is 6.69. The Hall–Kier alpha value is -0.660. The van der Waals surface area contributed by atoms with Crippen molar-refractivity contribution >= 4 is 15.9 Å². The molecule has 0 aromatic heterocycles. The molecule has 0 saturated carbocycles. The first kappa shape index (κ1) is 16.4. The Morgan fingerprint density at radius 2 is 1.95 bits per heavy atom. The number of carbonyl (C=O) groups is 1. The number of sulfonamides is 1. The van der Waals surface area contributed by atoms with Crippen LogP contribution in [-0.2, 0) is 14.8 Å². The summed E-state index contributed by atoms with van der Waals surface area (Å²) in [7, 11) is -3.11. The molecule has 0 aromatic carbocycles. The molecule has 0 aromatic rings. The molecule has 1 saturated heterocycles. The largest absolute Gasteiger partial charge is 0.353 e. The number of hydrogen-bond donors (Lipinski definition) is 2. The molecule has 1 rings (SSSR count). The molecule has 1 aliphatic rings. The maximum absolute atomic E-state index is 12.2. The van der Waals surface area contributed by atoms with Gasteiger partial charge in [-0.25, -0.2) is 12.7 Å². The average molecular weight is 291 g/mol. The Morgan fingerprint density at radius 3 is 2.32 bits per heavy atom. The minimum Gasteiger partial charge on any atom is -0.353 e. The Labute approximate surface area is 115 Å². The van der Waals surface area contributed by atoms with Crippen molar-refractivity contribution in [3.63, 3.8) is 0 Å². The fraction of sp³-hybridized carbons (Fsp3) is 0.917. The Kier molecular flexibility index (Phi) is 5.34. The third kappa shape index (κ3) is 4.15. The highest BCUT2D eigenvalue weighted by molar-refractivity contribution is 7.88. The second-order valence-electron chi connectivity index (χ2n) is 5.53. The van der Waals surface area contributed by atoms with Gasteiger partial charge in [-0.1, -0.05) is 6.92 Å². The molecular weight excluding hydrogens is 266 g/mol. The molecule has 0 aliphatic carbocycles. The van der Waals surface area contributed by atoms with Gasteiger partial charge in [0.25, 0.3) is 0 Å². The van der Waals surface area contributed by atoms with Gasteiger partial charge in [0.05, 0.1) is 11.7 Å². The molecule has 1 atom stereocenters. The highest BCUT2D eigenvalue weighted by atomic mass is 32.2. The van der Waals surface area contributed by atoms with Gasteiger partial charge in [0.15, 0.2) is 0 Å². The van der Waals surface area contributed by atoms with E-state index in [4.69, 9.17) is 5.73 Å². The van der Waals surface area contributed by atoms with Crippen molar-refractivity contribution in [3.05, 3.63) is 0 Å². The molecule has 7 heteroatoms. The summed E-state index contributed by atoms with van der Waals surface area (Å²) in [5.41, 5.74) is 5.12. The van der Waals surface area contributed by atoms with Crippen molar-refractivity contribution in [1.82, 2.24) is 9.62 Å². The van der Waals surface area contributed by atoms with E-state index in [9.17, 15) is 13.2 Å². The van der Waals surface area contributed by atoms with Crippen LogP contribution in [0.2, 0.25) is 0 Å². The number of carbonyl (C=O) groups excluding carboxylic acids is 1. The smallest absolute Gasteiger partial charge is 0.227 e. The first-order chi connectivity index (χ1) is 8.73. The molecule has 1 aliphatic heterocycles. The molecular formula is C12H25N3O3S. The van der Waals surface area contributed by atoms with Crippen molar-refractivity contribution in [1.29, 1.82) is 0 Å². The zero-order chi connectivity index (χ0) is 14.7. The van der Waals surface area contributed by atoms with E-state index >= 15 is 0 Å². The first-order valence-corrected chi connectivity index (χ1v) is 8.54. The monoisotopic (exact) mass is 291 g/mol. The summed E-state index contributed by atoms with van der Waals surface area (Å²) in [5.74, 6) is -0.0321. The number of hydrogen-bond acceptors (Lipinski definition) is 4. The van der Waals surface area contributed by atoms with Gasteiger partial charge in [0.2, 0.25) is 15.9 Å². The predicted octanol–water partition coefficient (Wildman–Crippen LogP) is -0.0984. The van der Waals surface area contributed by atoms with E-state index in [0.29, 0.717) is 38.9 Å². The SMILES string of the molecule is CCC(C)(CN)C(=O)NC1CCN(S(C)(=O)=O)CC1. The van der Waals surface area contributed by atoms with Gasteiger partial charge in [-0.15, -0.1) is 0 Å². The minimum atomic E-state index is -3.11. The Morgan fingerprint density at radius 1 is 1.42 bits per heavy atom. The number of nitrogens with two attached hydrogens (primary N) is 1. The maximum Gasteiger partial charge on any atom is 0.227 e. The molecule has 0 spiro atoms. The van der Waals surface area contributed by atoms with Crippen molar-refractivity contribution in [2.75, 3.05) is 25.9 Å². The summed E-state index contributed by atoms with van der Waals surface area (Å²) in [4.78, 5) is 12.2. The number of nitrogens with one attached hydrogen (secondary N) is 1. The van der Waals surface area contributed by atoms with Gasteiger partial charge in [-0.3, -0.25) is 4.79 Å². The van der Waals surface area contributed by atoms with Crippen molar-refractivity contribution < 1.29 is 13.2 Å². The number of amides is 1. The van der Waals surface area contributed by atoms with Crippen LogP contribution in [0.3, 0.4) is 0 Å². The van der Waals surface area contributed by atoms with E-state index in [-0.39, 0.29) is 11.9 Å². The predicted molar refractivity (Wildman–Crippen MR) is 75.0 cm³/mol. The summed E-state index contributed by atoms with van der Waals surface area (Å²) in [6.45, 7) is 5.05. The van der Waals surface area contributed by atoms with E-state index in [0.717, 1.165) is 0 Å². The van der Waals surface area contributed by atoms with Gasteiger partial charge < -0.3 is 11.1 Å².